The van der Waals surface area contributed by atoms with Crippen molar-refractivity contribution in [3.63, 3.8) is 0 Å². The lowest BCUT2D eigenvalue weighted by Gasteiger charge is -2.02. The van der Waals surface area contributed by atoms with Gasteiger partial charge in [0.1, 0.15) is 11.4 Å². The summed E-state index contributed by atoms with van der Waals surface area (Å²) in [5.41, 5.74) is 2.86. The Bertz CT molecular complexity index is 1380. The van der Waals surface area contributed by atoms with Gasteiger partial charge in [0.25, 0.3) is 5.56 Å². The normalized spacial score (nSPS) is 11.4. The fraction of sp³-hybridized carbons (Fsp3) is 0.143. The Morgan fingerprint density at radius 3 is 2.69 bits per heavy atom. The first kappa shape index (κ1) is 18.0. The van der Waals surface area contributed by atoms with Crippen molar-refractivity contribution in [2.45, 2.75) is 20.4 Å². The molecule has 8 heteroatoms. The van der Waals surface area contributed by atoms with Gasteiger partial charge in [0.2, 0.25) is 11.7 Å². The van der Waals surface area contributed by atoms with Gasteiger partial charge in [0, 0.05) is 26.3 Å². The number of benzene rings is 1. The van der Waals surface area contributed by atoms with Gasteiger partial charge in [-0.1, -0.05) is 35.0 Å². The molecule has 29 heavy (non-hydrogen) atoms. The minimum atomic E-state index is -0.104. The van der Waals surface area contributed by atoms with Crippen LogP contribution in [-0.2, 0) is 6.54 Å². The van der Waals surface area contributed by atoms with Crippen LogP contribution in [0, 0.1) is 13.8 Å². The van der Waals surface area contributed by atoms with Crippen LogP contribution in [0.2, 0.25) is 0 Å². The summed E-state index contributed by atoms with van der Waals surface area (Å²) in [6.07, 6.45) is 1.54. The zero-order chi connectivity index (χ0) is 20.0. The summed E-state index contributed by atoms with van der Waals surface area (Å²) in [7, 11) is 0. The third-order valence-corrected chi connectivity index (χ3v) is 6.57. The van der Waals surface area contributed by atoms with Crippen LogP contribution in [0.3, 0.4) is 0 Å². The monoisotopic (exact) mass is 420 g/mol. The lowest BCUT2D eigenvalue weighted by Crippen LogP contribution is -2.21. The maximum absolute atomic E-state index is 13.2. The molecular formula is C21H16N4O2S2. The molecule has 0 radical (unpaired) electrons. The van der Waals surface area contributed by atoms with Crippen LogP contribution in [-0.4, -0.2) is 19.7 Å². The third kappa shape index (κ3) is 3.30. The van der Waals surface area contributed by atoms with E-state index in [1.807, 2.05) is 42.6 Å². The second-order valence-electron chi connectivity index (χ2n) is 6.80. The van der Waals surface area contributed by atoms with Gasteiger partial charge in [-0.2, -0.15) is 4.98 Å². The van der Waals surface area contributed by atoms with Crippen LogP contribution in [0.25, 0.3) is 32.0 Å². The van der Waals surface area contributed by atoms with Crippen LogP contribution in [0.4, 0.5) is 0 Å². The standard InChI is InChI=1S/C21H16N4O2S2/c1-12-3-6-14(7-4-12)19-23-17(27-24-19)9-25-11-22-20-18(21(25)26)15(10-28-20)16-8-5-13(2)29-16/h3-8,10-11H,9H2,1-2H3. The van der Waals surface area contributed by atoms with E-state index in [0.717, 1.165) is 26.4 Å². The van der Waals surface area contributed by atoms with Gasteiger partial charge in [-0.05, 0) is 26.0 Å². The van der Waals surface area contributed by atoms with Gasteiger partial charge in [-0.25, -0.2) is 4.98 Å². The highest BCUT2D eigenvalue weighted by Crippen LogP contribution is 2.34. The lowest BCUT2D eigenvalue weighted by molar-refractivity contribution is 0.369. The maximum Gasteiger partial charge on any atom is 0.263 e. The van der Waals surface area contributed by atoms with E-state index in [2.05, 4.69) is 28.1 Å². The van der Waals surface area contributed by atoms with Crippen molar-refractivity contribution in [2.24, 2.45) is 0 Å². The molecule has 1 aromatic carbocycles. The first-order valence-corrected chi connectivity index (χ1v) is 10.7. The first-order chi connectivity index (χ1) is 14.1. The van der Waals surface area contributed by atoms with Crippen molar-refractivity contribution >= 4 is 32.9 Å². The molecule has 0 aliphatic rings. The fourth-order valence-electron chi connectivity index (χ4n) is 3.13. The van der Waals surface area contributed by atoms with Crippen molar-refractivity contribution in [3.8, 4) is 21.8 Å². The van der Waals surface area contributed by atoms with Crippen molar-refractivity contribution in [1.82, 2.24) is 19.7 Å². The highest BCUT2D eigenvalue weighted by Gasteiger charge is 2.16. The largest absolute Gasteiger partial charge is 0.337 e. The lowest BCUT2D eigenvalue weighted by atomic mass is 10.1. The van der Waals surface area contributed by atoms with E-state index in [4.69, 9.17) is 4.52 Å². The molecular weight excluding hydrogens is 404 g/mol. The van der Waals surface area contributed by atoms with Crippen molar-refractivity contribution in [2.75, 3.05) is 0 Å². The molecule has 0 aliphatic heterocycles. The first-order valence-electron chi connectivity index (χ1n) is 9.01. The predicted octanol–water partition coefficient (Wildman–Crippen LogP) is 4.90. The zero-order valence-electron chi connectivity index (χ0n) is 15.7. The number of rotatable bonds is 4. The van der Waals surface area contributed by atoms with Gasteiger partial charge in [-0.15, -0.1) is 22.7 Å². The van der Waals surface area contributed by atoms with Crippen LogP contribution in [0.15, 0.2) is 57.4 Å². The van der Waals surface area contributed by atoms with Crippen LogP contribution in [0.5, 0.6) is 0 Å². The Morgan fingerprint density at radius 2 is 1.93 bits per heavy atom. The topological polar surface area (TPSA) is 73.8 Å². The Balaban J connectivity index is 1.51. The third-order valence-electron chi connectivity index (χ3n) is 4.65. The molecule has 6 nitrogen and oxygen atoms in total. The van der Waals surface area contributed by atoms with Gasteiger partial charge in [-0.3, -0.25) is 9.36 Å². The molecule has 5 rings (SSSR count). The highest BCUT2D eigenvalue weighted by molar-refractivity contribution is 7.19. The minimum absolute atomic E-state index is 0.104. The molecule has 144 valence electrons. The van der Waals surface area contributed by atoms with E-state index in [9.17, 15) is 4.79 Å². The Morgan fingerprint density at radius 1 is 1.10 bits per heavy atom. The Hall–Kier alpha value is -3.10. The molecule has 0 atom stereocenters. The van der Waals surface area contributed by atoms with Crippen LogP contribution >= 0.6 is 22.7 Å². The summed E-state index contributed by atoms with van der Waals surface area (Å²) >= 11 is 3.15. The van der Waals surface area contributed by atoms with Gasteiger partial charge in [0.15, 0.2) is 0 Å². The summed E-state index contributed by atoms with van der Waals surface area (Å²) < 4.78 is 6.90. The quantitative estimate of drug-likeness (QED) is 0.413. The van der Waals surface area contributed by atoms with Gasteiger partial charge in [0.05, 0.1) is 11.7 Å². The number of hydrogen-bond acceptors (Lipinski definition) is 7. The van der Waals surface area contributed by atoms with Crippen molar-refractivity contribution in [3.05, 3.63) is 74.8 Å². The molecule has 0 unspecified atom stereocenters. The molecule has 0 N–H and O–H groups in total. The van der Waals surface area contributed by atoms with E-state index in [0.29, 0.717) is 17.1 Å². The van der Waals surface area contributed by atoms with Crippen LogP contribution in [0.1, 0.15) is 16.3 Å². The summed E-state index contributed by atoms with van der Waals surface area (Å²) in [6.45, 7) is 4.26. The minimum Gasteiger partial charge on any atom is -0.337 e. The van der Waals surface area contributed by atoms with E-state index >= 15 is 0 Å². The summed E-state index contributed by atoms with van der Waals surface area (Å²) in [5.74, 6) is 0.875. The fourth-order valence-corrected chi connectivity index (χ4v) is 4.99. The predicted molar refractivity (Wildman–Crippen MR) is 116 cm³/mol. The molecule has 4 heterocycles. The molecule has 4 aromatic heterocycles. The van der Waals surface area contributed by atoms with E-state index in [1.165, 1.54) is 20.8 Å². The highest BCUT2D eigenvalue weighted by atomic mass is 32.1. The molecule has 0 amide bonds. The Labute approximate surface area is 174 Å². The van der Waals surface area contributed by atoms with Gasteiger partial charge >= 0.3 is 0 Å². The second kappa shape index (κ2) is 7.06. The molecule has 0 saturated carbocycles. The molecule has 0 saturated heterocycles. The molecule has 0 bridgehead atoms. The maximum atomic E-state index is 13.2. The smallest absolute Gasteiger partial charge is 0.263 e. The zero-order valence-corrected chi connectivity index (χ0v) is 17.4. The number of aromatic nitrogens is 4. The van der Waals surface area contributed by atoms with Crippen molar-refractivity contribution < 1.29 is 4.52 Å². The Kier molecular flexibility index (Phi) is 4.37. The molecule has 0 spiro atoms. The molecule has 0 aliphatic carbocycles. The number of hydrogen-bond donors (Lipinski definition) is 0. The number of thiophene rings is 2. The molecule has 0 fully saturated rings. The average Bonchev–Trinajstić information content (AvgIpc) is 3.44. The van der Waals surface area contributed by atoms with Crippen molar-refractivity contribution in [1.29, 1.82) is 0 Å². The second-order valence-corrected chi connectivity index (χ2v) is 8.94. The average molecular weight is 421 g/mol. The van der Waals surface area contributed by atoms with E-state index in [1.54, 1.807) is 17.7 Å². The summed E-state index contributed by atoms with van der Waals surface area (Å²) in [5, 5.41) is 6.68. The number of nitrogens with zero attached hydrogens (tertiary/aromatic N) is 4. The summed E-state index contributed by atoms with van der Waals surface area (Å²) in [6, 6.07) is 12.0. The van der Waals surface area contributed by atoms with E-state index in [-0.39, 0.29) is 12.1 Å². The summed E-state index contributed by atoms with van der Waals surface area (Å²) in [4.78, 5) is 25.1. The van der Waals surface area contributed by atoms with E-state index < -0.39 is 0 Å². The molecule has 5 aromatic rings. The van der Waals surface area contributed by atoms with Gasteiger partial charge < -0.3 is 4.52 Å². The number of fused-ring (bicyclic) bond motifs is 1. The SMILES string of the molecule is Cc1ccc(-c2noc(Cn3cnc4scc(-c5ccc(C)s5)c4c3=O)n2)cc1. The number of aryl methyl sites for hydroxylation is 2. The van der Waals surface area contributed by atoms with Crippen LogP contribution < -0.4 is 5.56 Å².